The van der Waals surface area contributed by atoms with E-state index in [-0.39, 0.29) is 11.9 Å². The predicted molar refractivity (Wildman–Crippen MR) is 75.9 cm³/mol. The first-order valence-corrected chi connectivity index (χ1v) is 6.08. The lowest BCUT2D eigenvalue weighted by molar-refractivity contribution is 0.259. The maximum absolute atomic E-state index is 13.1. The van der Waals surface area contributed by atoms with Crippen LogP contribution in [0, 0.1) is 5.82 Å². The van der Waals surface area contributed by atoms with Crippen molar-refractivity contribution in [3.63, 3.8) is 0 Å². The number of nitrogens with one attached hydrogen (secondary N) is 2. The molecule has 6 heteroatoms. The monoisotopic (exact) mass is 274 g/mol. The topological polar surface area (TPSA) is 80.0 Å². The number of nitrogens with two attached hydrogens (primary N) is 1. The van der Waals surface area contributed by atoms with Crippen LogP contribution in [0.3, 0.4) is 0 Å². The van der Waals surface area contributed by atoms with Gasteiger partial charge in [0, 0.05) is 17.6 Å². The zero-order chi connectivity index (χ0) is 14.5. The standard InChI is InChI=1S/C14H15FN4O/c1-9(10-5-11(15)8-17-7-10)18-12-3-2-4-13(6-12)19-14(16)20/h2-9,18H,1H3,(H3,16,19,20). The molecule has 1 heterocycles. The Balaban J connectivity index is 2.11. The number of hydrogen-bond donors (Lipinski definition) is 3. The Morgan fingerprint density at radius 3 is 2.75 bits per heavy atom. The highest BCUT2D eigenvalue weighted by Crippen LogP contribution is 2.21. The number of halogens is 1. The van der Waals surface area contributed by atoms with E-state index in [9.17, 15) is 9.18 Å². The molecule has 0 radical (unpaired) electrons. The molecule has 1 unspecified atom stereocenters. The number of amides is 2. The maximum Gasteiger partial charge on any atom is 0.316 e. The van der Waals surface area contributed by atoms with Crippen molar-refractivity contribution in [1.29, 1.82) is 0 Å². The second-order valence-electron chi connectivity index (χ2n) is 4.37. The van der Waals surface area contributed by atoms with E-state index >= 15 is 0 Å². The van der Waals surface area contributed by atoms with E-state index in [2.05, 4.69) is 15.6 Å². The SMILES string of the molecule is CC(Nc1cccc(NC(N)=O)c1)c1cncc(F)c1. The smallest absolute Gasteiger partial charge is 0.316 e. The van der Waals surface area contributed by atoms with Crippen molar-refractivity contribution in [3.05, 3.63) is 54.1 Å². The molecule has 104 valence electrons. The number of anilines is 2. The van der Waals surface area contributed by atoms with Crippen LogP contribution in [-0.2, 0) is 0 Å². The van der Waals surface area contributed by atoms with Crippen LogP contribution in [0.4, 0.5) is 20.6 Å². The lowest BCUT2D eigenvalue weighted by Gasteiger charge is -2.16. The summed E-state index contributed by atoms with van der Waals surface area (Å²) in [6.07, 6.45) is 2.76. The highest BCUT2D eigenvalue weighted by molar-refractivity contribution is 5.88. The number of hydrogen-bond acceptors (Lipinski definition) is 3. The maximum atomic E-state index is 13.1. The Morgan fingerprint density at radius 2 is 2.05 bits per heavy atom. The van der Waals surface area contributed by atoms with Crippen LogP contribution in [-0.4, -0.2) is 11.0 Å². The van der Waals surface area contributed by atoms with Crippen molar-refractivity contribution in [3.8, 4) is 0 Å². The fourth-order valence-electron chi connectivity index (χ4n) is 1.83. The average Bonchev–Trinajstić information content (AvgIpc) is 2.38. The van der Waals surface area contributed by atoms with Crippen LogP contribution >= 0.6 is 0 Å². The van der Waals surface area contributed by atoms with Crippen LogP contribution in [0.2, 0.25) is 0 Å². The third-order valence-corrected chi connectivity index (χ3v) is 2.74. The predicted octanol–water partition coefficient (Wildman–Crippen LogP) is 2.88. The van der Waals surface area contributed by atoms with Crippen molar-refractivity contribution >= 4 is 17.4 Å². The van der Waals surface area contributed by atoms with Gasteiger partial charge in [0.2, 0.25) is 0 Å². The van der Waals surface area contributed by atoms with E-state index in [4.69, 9.17) is 5.73 Å². The van der Waals surface area contributed by atoms with Gasteiger partial charge in [-0.05, 0) is 36.8 Å². The normalized spacial score (nSPS) is 11.7. The number of urea groups is 1. The summed E-state index contributed by atoms with van der Waals surface area (Å²) in [5.74, 6) is -0.375. The van der Waals surface area contributed by atoms with Gasteiger partial charge < -0.3 is 16.4 Å². The number of rotatable bonds is 4. The van der Waals surface area contributed by atoms with E-state index in [1.165, 1.54) is 6.07 Å². The Kier molecular flexibility index (Phi) is 4.14. The molecule has 0 spiro atoms. The van der Waals surface area contributed by atoms with E-state index < -0.39 is 6.03 Å². The Morgan fingerprint density at radius 1 is 1.30 bits per heavy atom. The van der Waals surface area contributed by atoms with E-state index in [0.29, 0.717) is 5.69 Å². The molecule has 1 aromatic heterocycles. The largest absolute Gasteiger partial charge is 0.378 e. The van der Waals surface area contributed by atoms with Crippen molar-refractivity contribution in [1.82, 2.24) is 4.98 Å². The number of pyridine rings is 1. The number of primary amides is 1. The van der Waals surface area contributed by atoms with Gasteiger partial charge in [-0.1, -0.05) is 6.07 Å². The van der Waals surface area contributed by atoms with E-state index in [1.54, 1.807) is 24.4 Å². The number of aromatic nitrogens is 1. The first-order chi connectivity index (χ1) is 9.54. The minimum atomic E-state index is -0.621. The first kappa shape index (κ1) is 13.8. The van der Waals surface area contributed by atoms with Gasteiger partial charge in [-0.2, -0.15) is 0 Å². The second-order valence-corrected chi connectivity index (χ2v) is 4.37. The third-order valence-electron chi connectivity index (χ3n) is 2.74. The van der Waals surface area contributed by atoms with Crippen LogP contribution in [0.1, 0.15) is 18.5 Å². The zero-order valence-corrected chi connectivity index (χ0v) is 10.9. The minimum Gasteiger partial charge on any atom is -0.378 e. The summed E-state index contributed by atoms with van der Waals surface area (Å²) in [4.78, 5) is 14.6. The molecule has 0 saturated carbocycles. The summed E-state index contributed by atoms with van der Waals surface area (Å²) in [6.45, 7) is 1.89. The van der Waals surface area contributed by atoms with Gasteiger partial charge in [0.25, 0.3) is 0 Å². The third kappa shape index (κ3) is 3.68. The molecule has 4 N–H and O–H groups in total. The molecule has 0 aliphatic heterocycles. The van der Waals surface area contributed by atoms with E-state index in [0.717, 1.165) is 17.4 Å². The molecule has 0 bridgehead atoms. The van der Waals surface area contributed by atoms with Crippen LogP contribution in [0.5, 0.6) is 0 Å². The van der Waals surface area contributed by atoms with Crippen molar-refractivity contribution in [2.75, 3.05) is 10.6 Å². The molecule has 2 aromatic rings. The van der Waals surface area contributed by atoms with Gasteiger partial charge in [-0.15, -0.1) is 0 Å². The highest BCUT2D eigenvalue weighted by Gasteiger charge is 2.07. The van der Waals surface area contributed by atoms with Gasteiger partial charge in [0.1, 0.15) is 5.82 Å². The lowest BCUT2D eigenvalue weighted by atomic mass is 10.1. The van der Waals surface area contributed by atoms with Gasteiger partial charge >= 0.3 is 6.03 Å². The minimum absolute atomic E-state index is 0.123. The molecular weight excluding hydrogens is 259 g/mol. The molecule has 2 rings (SSSR count). The summed E-state index contributed by atoms with van der Waals surface area (Å²) < 4.78 is 13.1. The van der Waals surface area contributed by atoms with Gasteiger partial charge in [0.05, 0.1) is 12.2 Å². The lowest BCUT2D eigenvalue weighted by Crippen LogP contribution is -2.19. The number of carbonyl (C=O) groups excluding carboxylic acids is 1. The van der Waals surface area contributed by atoms with Crippen LogP contribution in [0.25, 0.3) is 0 Å². The quantitative estimate of drug-likeness (QED) is 0.802. The number of benzene rings is 1. The first-order valence-electron chi connectivity index (χ1n) is 6.08. The summed E-state index contributed by atoms with van der Waals surface area (Å²) in [5, 5.41) is 5.69. The molecule has 20 heavy (non-hydrogen) atoms. The zero-order valence-electron chi connectivity index (χ0n) is 10.9. The molecule has 1 aromatic carbocycles. The molecule has 5 nitrogen and oxygen atoms in total. The van der Waals surface area contributed by atoms with Crippen LogP contribution < -0.4 is 16.4 Å². The van der Waals surface area contributed by atoms with Crippen molar-refractivity contribution < 1.29 is 9.18 Å². The Bertz CT molecular complexity index is 618. The molecular formula is C14H15FN4O. The fourth-order valence-corrected chi connectivity index (χ4v) is 1.83. The van der Waals surface area contributed by atoms with Crippen LogP contribution in [0.15, 0.2) is 42.7 Å². The highest BCUT2D eigenvalue weighted by atomic mass is 19.1. The Hall–Kier alpha value is -2.63. The van der Waals surface area contributed by atoms with E-state index in [1.807, 2.05) is 13.0 Å². The van der Waals surface area contributed by atoms with Gasteiger partial charge in [-0.25, -0.2) is 9.18 Å². The summed E-state index contributed by atoms with van der Waals surface area (Å²) >= 11 is 0. The summed E-state index contributed by atoms with van der Waals surface area (Å²) in [7, 11) is 0. The number of carbonyl (C=O) groups is 1. The van der Waals surface area contributed by atoms with Gasteiger partial charge in [-0.3, -0.25) is 4.98 Å². The summed E-state index contributed by atoms with van der Waals surface area (Å²) in [6, 6.07) is 7.78. The molecule has 0 fully saturated rings. The van der Waals surface area contributed by atoms with Crippen molar-refractivity contribution in [2.24, 2.45) is 5.73 Å². The Labute approximate surface area is 116 Å². The molecule has 0 aliphatic carbocycles. The molecule has 0 aliphatic rings. The molecule has 0 saturated heterocycles. The fraction of sp³-hybridized carbons (Fsp3) is 0.143. The van der Waals surface area contributed by atoms with Gasteiger partial charge in [0.15, 0.2) is 0 Å². The van der Waals surface area contributed by atoms with Crippen molar-refractivity contribution in [2.45, 2.75) is 13.0 Å². The molecule has 2 amide bonds. The average molecular weight is 274 g/mol. The second kappa shape index (κ2) is 6.01. The molecule has 1 atom stereocenters. The number of nitrogens with zero attached hydrogens (tertiary/aromatic N) is 1. The summed E-state index contributed by atoms with van der Waals surface area (Å²) in [5.41, 5.74) is 7.17.